The number of benzene rings is 2. The van der Waals surface area contributed by atoms with E-state index in [1.54, 1.807) is 55.6 Å². The number of nitrogens with one attached hydrogen (secondary N) is 1. The molecule has 0 aliphatic heterocycles. The number of fused-ring (bicyclic) bond motifs is 1. The van der Waals surface area contributed by atoms with Crippen molar-refractivity contribution in [3.8, 4) is 5.75 Å². The molecule has 1 atom stereocenters. The van der Waals surface area contributed by atoms with Crippen LogP contribution in [0.3, 0.4) is 0 Å². The SMILES string of the molecule is COc1ccc(C(=O)[C@@H](C)OC(=O)CCc2nc3ccccc3c(=O)[nH]2)cc1. The maximum atomic E-state index is 12.4. The zero-order valence-corrected chi connectivity index (χ0v) is 15.6. The zero-order chi connectivity index (χ0) is 20.1. The van der Waals surface area contributed by atoms with Gasteiger partial charge in [-0.2, -0.15) is 0 Å². The largest absolute Gasteiger partial charge is 0.497 e. The van der Waals surface area contributed by atoms with Crippen LogP contribution >= 0.6 is 0 Å². The molecule has 3 aromatic rings. The second-order valence-corrected chi connectivity index (χ2v) is 6.25. The number of ether oxygens (including phenoxy) is 2. The summed E-state index contributed by atoms with van der Waals surface area (Å²) in [4.78, 5) is 43.5. The third-order valence-electron chi connectivity index (χ3n) is 4.28. The van der Waals surface area contributed by atoms with Crippen LogP contribution in [0.2, 0.25) is 0 Å². The van der Waals surface area contributed by atoms with Crippen molar-refractivity contribution in [3.63, 3.8) is 0 Å². The van der Waals surface area contributed by atoms with Crippen LogP contribution in [0, 0.1) is 0 Å². The molecule has 7 heteroatoms. The Morgan fingerprint density at radius 1 is 1.11 bits per heavy atom. The Labute approximate surface area is 161 Å². The molecule has 0 saturated heterocycles. The Bertz CT molecular complexity index is 1060. The minimum absolute atomic E-state index is 0.00150. The quantitative estimate of drug-likeness (QED) is 0.500. The lowest BCUT2D eigenvalue weighted by Crippen LogP contribution is -2.24. The van der Waals surface area contributed by atoms with Gasteiger partial charge in [-0.1, -0.05) is 12.1 Å². The molecule has 1 aromatic heterocycles. The lowest BCUT2D eigenvalue weighted by atomic mass is 10.1. The fourth-order valence-corrected chi connectivity index (χ4v) is 2.77. The summed E-state index contributed by atoms with van der Waals surface area (Å²) in [5, 5.41) is 0.493. The summed E-state index contributed by atoms with van der Waals surface area (Å²) >= 11 is 0. The molecule has 7 nitrogen and oxygen atoms in total. The molecule has 0 amide bonds. The van der Waals surface area contributed by atoms with Gasteiger partial charge in [-0.3, -0.25) is 14.4 Å². The molecule has 0 aliphatic rings. The number of aryl methyl sites for hydroxylation is 1. The molecule has 1 N–H and O–H groups in total. The number of carbonyl (C=O) groups excluding carboxylic acids is 2. The van der Waals surface area contributed by atoms with Crippen LogP contribution in [0.1, 0.15) is 29.5 Å². The van der Waals surface area contributed by atoms with Crippen LogP contribution in [0.25, 0.3) is 10.9 Å². The van der Waals surface area contributed by atoms with Gasteiger partial charge in [0.1, 0.15) is 11.6 Å². The molecule has 28 heavy (non-hydrogen) atoms. The van der Waals surface area contributed by atoms with E-state index in [2.05, 4.69) is 9.97 Å². The van der Waals surface area contributed by atoms with Crippen LogP contribution in [-0.4, -0.2) is 34.9 Å². The van der Waals surface area contributed by atoms with Crippen molar-refractivity contribution < 1.29 is 19.1 Å². The fourth-order valence-electron chi connectivity index (χ4n) is 2.77. The topological polar surface area (TPSA) is 98.3 Å². The standard InChI is InChI=1S/C21H20N2O5/c1-13(20(25)14-7-9-15(27-2)10-8-14)28-19(24)12-11-18-22-17-6-4-3-5-16(17)21(26)23-18/h3-10,13H,11-12H2,1-2H3,(H,22,23,26)/t13-/m1/s1. The Morgan fingerprint density at radius 2 is 1.82 bits per heavy atom. The van der Waals surface area contributed by atoms with Gasteiger partial charge in [-0.05, 0) is 43.3 Å². The maximum Gasteiger partial charge on any atom is 0.306 e. The molecule has 0 unspecified atom stereocenters. The van der Waals surface area contributed by atoms with Gasteiger partial charge >= 0.3 is 5.97 Å². The number of methoxy groups -OCH3 is 1. The highest BCUT2D eigenvalue weighted by Gasteiger charge is 2.19. The van der Waals surface area contributed by atoms with Gasteiger partial charge in [0, 0.05) is 12.0 Å². The summed E-state index contributed by atoms with van der Waals surface area (Å²) in [7, 11) is 1.54. The summed E-state index contributed by atoms with van der Waals surface area (Å²) in [5.41, 5.74) is 0.747. The number of nitrogens with zero attached hydrogens (tertiary/aromatic N) is 1. The first kappa shape index (κ1) is 19.3. The molecular formula is C21H20N2O5. The van der Waals surface area contributed by atoms with E-state index >= 15 is 0 Å². The first-order chi connectivity index (χ1) is 13.5. The molecular weight excluding hydrogens is 360 g/mol. The molecule has 0 aliphatic carbocycles. The van der Waals surface area contributed by atoms with Crippen molar-refractivity contribution in [2.24, 2.45) is 0 Å². The van der Waals surface area contributed by atoms with E-state index in [4.69, 9.17) is 9.47 Å². The molecule has 0 bridgehead atoms. The Kier molecular flexibility index (Phi) is 5.84. The second kappa shape index (κ2) is 8.47. The molecule has 0 fully saturated rings. The second-order valence-electron chi connectivity index (χ2n) is 6.25. The van der Waals surface area contributed by atoms with E-state index in [-0.39, 0.29) is 24.2 Å². The van der Waals surface area contributed by atoms with Gasteiger partial charge in [0.2, 0.25) is 5.78 Å². The predicted octanol–water partition coefficient (Wildman–Crippen LogP) is 2.68. The van der Waals surface area contributed by atoms with E-state index in [0.717, 1.165) is 0 Å². The number of esters is 1. The highest BCUT2D eigenvalue weighted by Crippen LogP contribution is 2.14. The van der Waals surface area contributed by atoms with Gasteiger partial charge in [-0.15, -0.1) is 0 Å². The van der Waals surface area contributed by atoms with Gasteiger partial charge in [0.05, 0.1) is 24.4 Å². The number of hydrogen-bond donors (Lipinski definition) is 1. The number of aromatic amines is 1. The monoisotopic (exact) mass is 380 g/mol. The van der Waals surface area contributed by atoms with Crippen molar-refractivity contribution in [3.05, 3.63) is 70.3 Å². The first-order valence-corrected chi connectivity index (χ1v) is 8.83. The lowest BCUT2D eigenvalue weighted by Gasteiger charge is -2.12. The summed E-state index contributed by atoms with van der Waals surface area (Å²) in [6.45, 7) is 1.53. The minimum Gasteiger partial charge on any atom is -0.497 e. The summed E-state index contributed by atoms with van der Waals surface area (Å²) in [6, 6.07) is 13.6. The van der Waals surface area contributed by atoms with Crippen LogP contribution < -0.4 is 10.3 Å². The number of rotatable bonds is 7. The normalized spacial score (nSPS) is 11.8. The Balaban J connectivity index is 1.59. The zero-order valence-electron chi connectivity index (χ0n) is 15.6. The van der Waals surface area contributed by atoms with Crippen molar-refractivity contribution in [2.45, 2.75) is 25.9 Å². The summed E-state index contributed by atoms with van der Waals surface area (Å²) < 4.78 is 10.3. The predicted molar refractivity (Wildman–Crippen MR) is 104 cm³/mol. The van der Waals surface area contributed by atoms with E-state index in [9.17, 15) is 14.4 Å². The van der Waals surface area contributed by atoms with Crippen molar-refractivity contribution >= 4 is 22.7 Å². The van der Waals surface area contributed by atoms with E-state index in [1.165, 1.54) is 6.92 Å². The van der Waals surface area contributed by atoms with Crippen LogP contribution in [0.4, 0.5) is 0 Å². The Morgan fingerprint density at radius 3 is 2.54 bits per heavy atom. The van der Waals surface area contributed by atoms with E-state index in [0.29, 0.717) is 28.0 Å². The number of Topliss-reactive ketones (excluding diaryl/α,β-unsaturated/α-hetero) is 1. The van der Waals surface area contributed by atoms with Crippen molar-refractivity contribution in [1.29, 1.82) is 0 Å². The summed E-state index contributed by atoms with van der Waals surface area (Å²) in [5.74, 6) is 0.200. The minimum atomic E-state index is -0.912. The molecule has 3 rings (SSSR count). The number of carbonyl (C=O) groups is 2. The van der Waals surface area contributed by atoms with Crippen LogP contribution in [0.5, 0.6) is 5.75 Å². The number of H-pyrrole nitrogens is 1. The molecule has 2 aromatic carbocycles. The molecule has 0 saturated carbocycles. The van der Waals surface area contributed by atoms with Gasteiger partial charge < -0.3 is 14.5 Å². The fraction of sp³-hybridized carbons (Fsp3) is 0.238. The van der Waals surface area contributed by atoms with Gasteiger partial charge in [0.25, 0.3) is 5.56 Å². The molecule has 0 spiro atoms. The average Bonchev–Trinajstić information content (AvgIpc) is 2.72. The van der Waals surface area contributed by atoms with Crippen molar-refractivity contribution in [2.75, 3.05) is 7.11 Å². The van der Waals surface area contributed by atoms with Crippen LogP contribution in [0.15, 0.2) is 53.3 Å². The van der Waals surface area contributed by atoms with E-state index in [1.807, 2.05) is 0 Å². The maximum absolute atomic E-state index is 12.4. The molecule has 1 heterocycles. The van der Waals surface area contributed by atoms with Crippen LogP contribution in [-0.2, 0) is 16.0 Å². The van der Waals surface area contributed by atoms with Gasteiger partial charge in [0.15, 0.2) is 6.10 Å². The third kappa shape index (κ3) is 4.43. The number of para-hydroxylation sites is 1. The van der Waals surface area contributed by atoms with Gasteiger partial charge in [-0.25, -0.2) is 4.98 Å². The number of aromatic nitrogens is 2. The number of ketones is 1. The highest BCUT2D eigenvalue weighted by atomic mass is 16.5. The molecule has 144 valence electrons. The van der Waals surface area contributed by atoms with E-state index < -0.39 is 12.1 Å². The lowest BCUT2D eigenvalue weighted by molar-refractivity contribution is -0.146. The molecule has 0 radical (unpaired) electrons. The first-order valence-electron chi connectivity index (χ1n) is 8.83. The smallest absolute Gasteiger partial charge is 0.306 e. The summed E-state index contributed by atoms with van der Waals surface area (Å²) in [6.07, 6.45) is -0.700. The average molecular weight is 380 g/mol. The highest BCUT2D eigenvalue weighted by molar-refractivity contribution is 6.00. The number of hydrogen-bond acceptors (Lipinski definition) is 6. The van der Waals surface area contributed by atoms with Crippen molar-refractivity contribution in [1.82, 2.24) is 9.97 Å². The Hall–Kier alpha value is -3.48. The third-order valence-corrected chi connectivity index (χ3v) is 4.28.